The van der Waals surface area contributed by atoms with Crippen LogP contribution in [0.3, 0.4) is 0 Å². The largest absolute Gasteiger partial charge is 0.489 e. The van der Waals surface area contributed by atoms with Gasteiger partial charge in [-0.05, 0) is 49.6 Å². The molecule has 0 bridgehead atoms. The molecule has 12 heteroatoms. The van der Waals surface area contributed by atoms with E-state index >= 15 is 4.39 Å². The lowest BCUT2D eigenvalue weighted by Crippen LogP contribution is -2.42. The number of imidazole rings is 1. The highest BCUT2D eigenvalue weighted by Gasteiger charge is 2.35. The zero-order valence-electron chi connectivity index (χ0n) is 26.5. The molecule has 1 amide bonds. The van der Waals surface area contributed by atoms with E-state index in [9.17, 15) is 14.3 Å². The first-order valence-electron chi connectivity index (χ1n) is 15.8. The first-order valence-corrected chi connectivity index (χ1v) is 16.7. The van der Waals surface area contributed by atoms with Crippen LogP contribution in [0.15, 0.2) is 66.8 Å². The topological polar surface area (TPSA) is 98.3 Å². The van der Waals surface area contributed by atoms with Crippen molar-refractivity contribution >= 4 is 38.4 Å². The monoisotopic (exact) mass is 666 g/mol. The van der Waals surface area contributed by atoms with Crippen molar-refractivity contribution in [3.63, 3.8) is 0 Å². The summed E-state index contributed by atoms with van der Waals surface area (Å²) in [5.74, 6) is -1.70. The molecule has 1 aliphatic carbocycles. The molecule has 48 heavy (non-hydrogen) atoms. The van der Waals surface area contributed by atoms with E-state index in [2.05, 4.69) is 11.6 Å². The highest BCUT2D eigenvalue weighted by Crippen LogP contribution is 2.48. The fourth-order valence-corrected chi connectivity index (χ4v) is 7.86. The molecular formula is C36H32F2N6O3S. The van der Waals surface area contributed by atoms with Crippen LogP contribution < -0.4 is 4.74 Å². The molecule has 6 aromatic rings. The number of ether oxygens (including phenoxy) is 1. The van der Waals surface area contributed by atoms with Crippen molar-refractivity contribution in [1.82, 2.24) is 29.2 Å². The van der Waals surface area contributed by atoms with Crippen LogP contribution in [0.5, 0.6) is 5.75 Å². The molecule has 5 heterocycles. The van der Waals surface area contributed by atoms with Crippen LogP contribution in [0.4, 0.5) is 8.78 Å². The molecule has 0 radical (unpaired) electrons. The molecule has 1 fully saturated rings. The maximum atomic E-state index is 16.2. The Hall–Kier alpha value is -4.94. The molecule has 8 rings (SSSR count). The van der Waals surface area contributed by atoms with Crippen LogP contribution in [0, 0.1) is 11.6 Å². The standard InChI is InChI=1S/C36H32F2N6O3S/c1-5-31(46)43-16-18(2)44-29(19(43)3)15-27(41-44)35-33(32-25(38)11-21(37)12-30(32)47-23-13-22(45)14-23)36-24(8-9-48-36)34(40-35)20-6-7-28-26(10-20)39-17-42(28)4/h5-12,15,17-19,22-23,45H,1,13-14,16H2,2-4H3/t18-,19+,22?,23?/m0/s1. The Morgan fingerprint density at radius 1 is 1.10 bits per heavy atom. The number of rotatable bonds is 6. The highest BCUT2D eigenvalue weighted by atomic mass is 32.1. The van der Waals surface area contributed by atoms with Gasteiger partial charge in [-0.15, -0.1) is 11.3 Å². The molecule has 1 N–H and O–H groups in total. The molecule has 244 valence electrons. The number of carbonyl (C=O) groups excluding carboxylic acids is 1. The summed E-state index contributed by atoms with van der Waals surface area (Å²) >= 11 is 1.42. The van der Waals surface area contributed by atoms with Crippen molar-refractivity contribution in [3.8, 4) is 39.5 Å². The number of aliphatic hydroxyl groups is 1. The van der Waals surface area contributed by atoms with Gasteiger partial charge in [0.25, 0.3) is 0 Å². The number of hydrogen-bond donors (Lipinski definition) is 1. The van der Waals surface area contributed by atoms with Gasteiger partial charge in [-0.1, -0.05) is 12.6 Å². The van der Waals surface area contributed by atoms with E-state index in [1.807, 2.05) is 65.9 Å². The number of nitrogens with zero attached hydrogens (tertiary/aromatic N) is 6. The van der Waals surface area contributed by atoms with Crippen LogP contribution in [-0.4, -0.2) is 59.0 Å². The van der Waals surface area contributed by atoms with Crippen LogP contribution in [0.1, 0.15) is 44.5 Å². The zero-order valence-corrected chi connectivity index (χ0v) is 27.3. The Kier molecular flexibility index (Phi) is 7.18. The minimum Gasteiger partial charge on any atom is -0.489 e. The first-order chi connectivity index (χ1) is 23.1. The Labute approximate surface area is 278 Å². The van der Waals surface area contributed by atoms with Gasteiger partial charge < -0.3 is 19.3 Å². The van der Waals surface area contributed by atoms with Gasteiger partial charge in [0, 0.05) is 59.8 Å². The fourth-order valence-electron chi connectivity index (χ4n) is 6.91. The van der Waals surface area contributed by atoms with Crippen LogP contribution >= 0.6 is 11.3 Å². The number of aromatic nitrogens is 5. The summed E-state index contributed by atoms with van der Waals surface area (Å²) in [7, 11) is 1.94. The molecule has 2 aliphatic rings. The van der Waals surface area contributed by atoms with Gasteiger partial charge in [0.1, 0.15) is 34.9 Å². The number of amides is 1. The number of benzene rings is 2. The number of aryl methyl sites for hydroxylation is 1. The van der Waals surface area contributed by atoms with E-state index < -0.39 is 17.7 Å². The molecule has 2 aromatic carbocycles. The maximum Gasteiger partial charge on any atom is 0.246 e. The van der Waals surface area contributed by atoms with Gasteiger partial charge in [-0.3, -0.25) is 9.48 Å². The van der Waals surface area contributed by atoms with Gasteiger partial charge in [-0.25, -0.2) is 18.7 Å². The predicted octanol–water partition coefficient (Wildman–Crippen LogP) is 7.21. The molecule has 1 aliphatic heterocycles. The third-order valence-corrected chi connectivity index (χ3v) is 10.4. The number of carbonyl (C=O) groups is 1. The third-order valence-electron chi connectivity index (χ3n) is 9.48. The van der Waals surface area contributed by atoms with Gasteiger partial charge in [-0.2, -0.15) is 5.10 Å². The Bertz CT molecular complexity index is 2270. The second-order valence-electron chi connectivity index (χ2n) is 12.7. The van der Waals surface area contributed by atoms with Gasteiger partial charge in [0.2, 0.25) is 5.91 Å². The quantitative estimate of drug-likeness (QED) is 0.189. The average Bonchev–Trinajstić information content (AvgIpc) is 3.80. The van der Waals surface area contributed by atoms with E-state index in [-0.39, 0.29) is 35.4 Å². The van der Waals surface area contributed by atoms with Gasteiger partial charge in [0.05, 0.1) is 52.5 Å². The summed E-state index contributed by atoms with van der Waals surface area (Å²) in [6, 6.07) is 11.4. The van der Waals surface area contributed by atoms with Crippen LogP contribution in [0.2, 0.25) is 0 Å². The molecule has 0 spiro atoms. The molecule has 2 atom stereocenters. The smallest absolute Gasteiger partial charge is 0.246 e. The summed E-state index contributed by atoms with van der Waals surface area (Å²) < 4.78 is 41.8. The van der Waals surface area contributed by atoms with E-state index in [1.165, 1.54) is 23.5 Å². The summed E-state index contributed by atoms with van der Waals surface area (Å²) in [5, 5.41) is 17.6. The van der Waals surface area contributed by atoms with Crippen molar-refractivity contribution < 1.29 is 23.4 Å². The number of fused-ring (bicyclic) bond motifs is 3. The molecule has 4 aromatic heterocycles. The highest BCUT2D eigenvalue weighted by molar-refractivity contribution is 7.18. The molecule has 9 nitrogen and oxygen atoms in total. The minimum atomic E-state index is -0.793. The summed E-state index contributed by atoms with van der Waals surface area (Å²) in [5.41, 5.74) is 5.46. The number of thiophene rings is 1. The van der Waals surface area contributed by atoms with E-state index in [4.69, 9.17) is 14.8 Å². The minimum absolute atomic E-state index is 0.0401. The van der Waals surface area contributed by atoms with E-state index in [1.54, 1.807) is 11.2 Å². The Morgan fingerprint density at radius 2 is 1.92 bits per heavy atom. The summed E-state index contributed by atoms with van der Waals surface area (Å²) in [6.07, 6.45) is 2.92. The molecule has 0 saturated heterocycles. The lowest BCUT2D eigenvalue weighted by atomic mass is 9.91. The SMILES string of the molecule is C=CC(=O)N1C[C@H](C)n2nc(-c3nc(-c4ccc5c(c4)ncn5C)c4ccsc4c3-c3c(F)cc(F)cc3OC3CC(O)C3)cc2[C@H]1C. The van der Waals surface area contributed by atoms with Crippen molar-refractivity contribution in [3.05, 3.63) is 84.2 Å². The Balaban J connectivity index is 1.40. The lowest BCUT2D eigenvalue weighted by Gasteiger charge is -2.36. The number of hydrogen-bond acceptors (Lipinski definition) is 7. The molecule has 0 unspecified atom stereocenters. The van der Waals surface area contributed by atoms with Crippen molar-refractivity contribution in [2.45, 2.75) is 51.0 Å². The number of halogens is 2. The molecule has 1 saturated carbocycles. The van der Waals surface area contributed by atoms with E-state index in [0.29, 0.717) is 42.0 Å². The lowest BCUT2D eigenvalue weighted by molar-refractivity contribution is -0.129. The van der Waals surface area contributed by atoms with E-state index in [0.717, 1.165) is 38.4 Å². The van der Waals surface area contributed by atoms with Crippen LogP contribution in [-0.2, 0) is 11.8 Å². The second-order valence-corrected chi connectivity index (χ2v) is 13.6. The second kappa shape index (κ2) is 11.3. The van der Waals surface area contributed by atoms with Crippen molar-refractivity contribution in [2.75, 3.05) is 6.54 Å². The normalized spacial score (nSPS) is 20.6. The number of pyridine rings is 1. The summed E-state index contributed by atoms with van der Waals surface area (Å²) in [4.78, 5) is 24.3. The number of aliphatic hydroxyl groups excluding tert-OH is 1. The predicted molar refractivity (Wildman–Crippen MR) is 181 cm³/mol. The first kappa shape index (κ1) is 30.4. The average molecular weight is 667 g/mol. The van der Waals surface area contributed by atoms with Crippen molar-refractivity contribution in [2.24, 2.45) is 7.05 Å². The zero-order chi connectivity index (χ0) is 33.4. The van der Waals surface area contributed by atoms with Gasteiger partial charge in [0.15, 0.2) is 0 Å². The molecular weight excluding hydrogens is 634 g/mol. The summed E-state index contributed by atoms with van der Waals surface area (Å²) in [6.45, 7) is 8.04. The van der Waals surface area contributed by atoms with Gasteiger partial charge >= 0.3 is 0 Å². The third kappa shape index (κ3) is 4.81. The maximum absolute atomic E-state index is 16.2. The van der Waals surface area contributed by atoms with Crippen molar-refractivity contribution in [1.29, 1.82) is 0 Å². The Morgan fingerprint density at radius 3 is 2.69 bits per heavy atom. The fraction of sp³-hybridized carbons (Fsp3) is 0.278. The van der Waals surface area contributed by atoms with Crippen LogP contribution in [0.25, 0.3) is 54.9 Å².